The van der Waals surface area contributed by atoms with Crippen molar-refractivity contribution in [2.45, 2.75) is 57.5 Å². The fourth-order valence-electron chi connectivity index (χ4n) is 4.19. The molecule has 0 bridgehead atoms. The Morgan fingerprint density at radius 3 is 2.80 bits per heavy atom. The Bertz CT molecular complexity index is 426. The maximum Gasteiger partial charge on any atom is 0.0488 e. The van der Waals surface area contributed by atoms with Crippen LogP contribution in [0.2, 0.25) is 0 Å². The summed E-state index contributed by atoms with van der Waals surface area (Å²) in [7, 11) is 0. The average molecular weight is 273 g/mol. The summed E-state index contributed by atoms with van der Waals surface area (Å²) in [6.45, 7) is 3.95. The molecule has 3 rings (SSSR count). The van der Waals surface area contributed by atoms with Crippen LogP contribution in [0.25, 0.3) is 0 Å². The van der Waals surface area contributed by atoms with E-state index in [0.717, 1.165) is 17.7 Å². The second-order valence-electron chi connectivity index (χ2n) is 6.48. The molecule has 110 valence electrons. The molecule has 1 aliphatic heterocycles. The topological polar surface area (TPSA) is 42.1 Å². The summed E-state index contributed by atoms with van der Waals surface area (Å²) in [6.07, 6.45) is 10.4. The highest BCUT2D eigenvalue weighted by Crippen LogP contribution is 2.39. The summed E-state index contributed by atoms with van der Waals surface area (Å²) in [5.41, 5.74) is 8.50. The van der Waals surface area contributed by atoms with Gasteiger partial charge in [-0.25, -0.2) is 0 Å². The van der Waals surface area contributed by atoms with Crippen LogP contribution in [0, 0.1) is 12.8 Å². The van der Waals surface area contributed by atoms with Crippen LogP contribution >= 0.6 is 0 Å². The molecule has 0 spiro atoms. The molecule has 2 aliphatic rings. The van der Waals surface area contributed by atoms with Crippen molar-refractivity contribution >= 4 is 0 Å². The highest BCUT2D eigenvalue weighted by Gasteiger charge is 2.36. The van der Waals surface area contributed by atoms with E-state index in [2.05, 4.69) is 22.0 Å². The number of pyridine rings is 1. The first-order chi connectivity index (χ1) is 9.79. The summed E-state index contributed by atoms with van der Waals surface area (Å²) in [5.74, 6) is 0.907. The van der Waals surface area contributed by atoms with Gasteiger partial charge in [0, 0.05) is 30.5 Å². The zero-order valence-corrected chi connectivity index (χ0v) is 12.6. The number of piperidine rings is 1. The summed E-state index contributed by atoms with van der Waals surface area (Å²) >= 11 is 0. The third kappa shape index (κ3) is 2.75. The smallest absolute Gasteiger partial charge is 0.0488 e. The highest BCUT2D eigenvalue weighted by molar-refractivity contribution is 5.18. The van der Waals surface area contributed by atoms with Gasteiger partial charge >= 0.3 is 0 Å². The lowest BCUT2D eigenvalue weighted by molar-refractivity contribution is 0.0275. The predicted octanol–water partition coefficient (Wildman–Crippen LogP) is 3.04. The van der Waals surface area contributed by atoms with Gasteiger partial charge in [-0.15, -0.1) is 0 Å². The van der Waals surface area contributed by atoms with Crippen LogP contribution in [0.3, 0.4) is 0 Å². The minimum absolute atomic E-state index is 0.356. The minimum atomic E-state index is 0.356. The second kappa shape index (κ2) is 6.23. The van der Waals surface area contributed by atoms with Crippen LogP contribution < -0.4 is 5.73 Å². The third-order valence-corrected chi connectivity index (χ3v) is 5.23. The van der Waals surface area contributed by atoms with Crippen LogP contribution in [0.4, 0.5) is 0 Å². The summed E-state index contributed by atoms with van der Waals surface area (Å²) in [5, 5.41) is 0. The maximum absolute atomic E-state index is 6.13. The van der Waals surface area contributed by atoms with Crippen molar-refractivity contribution in [3.8, 4) is 0 Å². The van der Waals surface area contributed by atoms with E-state index in [1.807, 2.05) is 13.1 Å². The van der Waals surface area contributed by atoms with Crippen LogP contribution in [0.1, 0.15) is 55.8 Å². The fraction of sp³-hybridized carbons (Fsp3) is 0.706. The van der Waals surface area contributed by atoms with Crippen molar-refractivity contribution in [1.82, 2.24) is 9.88 Å². The van der Waals surface area contributed by atoms with Gasteiger partial charge in [0.15, 0.2) is 0 Å². The number of fused-ring (bicyclic) bond motifs is 1. The molecular formula is C17H27N3. The molecule has 3 nitrogen and oxygen atoms in total. The molecule has 1 aliphatic carbocycles. The number of likely N-dealkylation sites (tertiary alicyclic amines) is 1. The van der Waals surface area contributed by atoms with Gasteiger partial charge in [0.2, 0.25) is 0 Å². The van der Waals surface area contributed by atoms with Gasteiger partial charge in [-0.2, -0.15) is 0 Å². The summed E-state index contributed by atoms with van der Waals surface area (Å²) in [4.78, 5) is 7.16. The van der Waals surface area contributed by atoms with E-state index in [1.54, 1.807) is 0 Å². The van der Waals surface area contributed by atoms with Gasteiger partial charge in [-0.1, -0.05) is 18.9 Å². The number of hydrogen-bond acceptors (Lipinski definition) is 3. The van der Waals surface area contributed by atoms with E-state index in [1.165, 1.54) is 50.6 Å². The first-order valence-corrected chi connectivity index (χ1v) is 8.18. The zero-order chi connectivity index (χ0) is 13.9. The Labute approximate surface area is 122 Å². The van der Waals surface area contributed by atoms with Crippen LogP contribution in [0.15, 0.2) is 18.3 Å². The Balaban J connectivity index is 1.82. The largest absolute Gasteiger partial charge is 0.329 e. The lowest BCUT2D eigenvalue weighted by Crippen LogP contribution is -2.50. The van der Waals surface area contributed by atoms with E-state index in [4.69, 9.17) is 5.73 Å². The van der Waals surface area contributed by atoms with Crippen LogP contribution in [0.5, 0.6) is 0 Å². The standard InChI is InChI=1S/C17H27N3/c1-13-8-9-15(12-19-13)17(11-18)20-10-4-6-14-5-2-3-7-16(14)20/h8-9,12,14,16-17H,2-7,10-11,18H2,1H3. The van der Waals surface area contributed by atoms with Crippen molar-refractivity contribution in [2.75, 3.05) is 13.1 Å². The van der Waals surface area contributed by atoms with Crippen molar-refractivity contribution in [2.24, 2.45) is 11.7 Å². The van der Waals surface area contributed by atoms with Gasteiger partial charge < -0.3 is 5.73 Å². The maximum atomic E-state index is 6.13. The van der Waals surface area contributed by atoms with E-state index in [0.29, 0.717) is 12.6 Å². The number of nitrogens with two attached hydrogens (primary N) is 1. The minimum Gasteiger partial charge on any atom is -0.329 e. The predicted molar refractivity (Wildman–Crippen MR) is 82.5 cm³/mol. The molecule has 1 saturated heterocycles. The molecule has 0 aromatic carbocycles. The monoisotopic (exact) mass is 273 g/mol. The number of hydrogen-bond donors (Lipinski definition) is 1. The third-order valence-electron chi connectivity index (χ3n) is 5.23. The van der Waals surface area contributed by atoms with Gasteiger partial charge in [0.25, 0.3) is 0 Å². The van der Waals surface area contributed by atoms with Gasteiger partial charge in [-0.3, -0.25) is 9.88 Å². The van der Waals surface area contributed by atoms with Gasteiger partial charge in [0.1, 0.15) is 0 Å². The average Bonchev–Trinajstić information content (AvgIpc) is 2.50. The summed E-state index contributed by atoms with van der Waals surface area (Å²) in [6, 6.07) is 5.44. The lowest BCUT2D eigenvalue weighted by atomic mass is 9.77. The first-order valence-electron chi connectivity index (χ1n) is 8.18. The van der Waals surface area contributed by atoms with Crippen LogP contribution in [-0.4, -0.2) is 29.0 Å². The van der Waals surface area contributed by atoms with Crippen LogP contribution in [-0.2, 0) is 0 Å². The normalized spacial score (nSPS) is 28.9. The molecule has 0 amide bonds. The molecule has 2 fully saturated rings. The molecule has 3 atom stereocenters. The molecule has 3 heteroatoms. The lowest BCUT2D eigenvalue weighted by Gasteiger charge is -2.47. The second-order valence-corrected chi connectivity index (χ2v) is 6.48. The Kier molecular flexibility index (Phi) is 4.37. The Morgan fingerprint density at radius 1 is 1.25 bits per heavy atom. The Morgan fingerprint density at radius 2 is 2.05 bits per heavy atom. The zero-order valence-electron chi connectivity index (χ0n) is 12.6. The molecule has 1 aromatic rings. The molecule has 2 N–H and O–H groups in total. The number of rotatable bonds is 3. The van der Waals surface area contributed by atoms with E-state index in [9.17, 15) is 0 Å². The van der Waals surface area contributed by atoms with Crippen molar-refractivity contribution < 1.29 is 0 Å². The molecule has 20 heavy (non-hydrogen) atoms. The number of aryl methyl sites for hydroxylation is 1. The molecular weight excluding hydrogens is 246 g/mol. The molecule has 2 heterocycles. The van der Waals surface area contributed by atoms with Gasteiger partial charge in [-0.05, 0) is 56.7 Å². The molecule has 3 unspecified atom stereocenters. The fourth-order valence-corrected chi connectivity index (χ4v) is 4.19. The van der Waals surface area contributed by atoms with Crippen molar-refractivity contribution in [1.29, 1.82) is 0 Å². The molecule has 0 radical (unpaired) electrons. The van der Waals surface area contributed by atoms with Crippen molar-refractivity contribution in [3.63, 3.8) is 0 Å². The highest BCUT2D eigenvalue weighted by atomic mass is 15.2. The quantitative estimate of drug-likeness (QED) is 0.920. The van der Waals surface area contributed by atoms with E-state index < -0.39 is 0 Å². The van der Waals surface area contributed by atoms with Gasteiger partial charge in [0.05, 0.1) is 0 Å². The summed E-state index contributed by atoms with van der Waals surface area (Å²) < 4.78 is 0. The molecule has 1 saturated carbocycles. The van der Waals surface area contributed by atoms with E-state index >= 15 is 0 Å². The van der Waals surface area contributed by atoms with Crippen molar-refractivity contribution in [3.05, 3.63) is 29.6 Å². The SMILES string of the molecule is Cc1ccc(C(CN)N2CCCC3CCCCC32)cn1. The molecule has 1 aromatic heterocycles. The number of nitrogens with zero attached hydrogens (tertiary/aromatic N) is 2. The Hall–Kier alpha value is -0.930. The first kappa shape index (κ1) is 14.0. The number of aromatic nitrogens is 1. The van der Waals surface area contributed by atoms with E-state index in [-0.39, 0.29) is 0 Å².